The van der Waals surface area contributed by atoms with Crippen molar-refractivity contribution in [2.45, 2.75) is 57.0 Å². The van der Waals surface area contributed by atoms with Gasteiger partial charge < -0.3 is 20.1 Å². The second-order valence-corrected chi connectivity index (χ2v) is 8.81. The van der Waals surface area contributed by atoms with Crippen molar-refractivity contribution in [1.82, 2.24) is 10.2 Å². The maximum Gasteiger partial charge on any atom is 0.407 e. The van der Waals surface area contributed by atoms with Crippen LogP contribution in [-0.2, 0) is 14.3 Å². The van der Waals surface area contributed by atoms with Gasteiger partial charge in [-0.3, -0.25) is 9.59 Å². The Morgan fingerprint density at radius 2 is 1.70 bits per heavy atom. The van der Waals surface area contributed by atoms with Crippen molar-refractivity contribution >= 4 is 18.0 Å². The molecule has 7 nitrogen and oxygen atoms in total. The maximum atomic E-state index is 13.0. The normalized spacial score (nSPS) is 18.2. The van der Waals surface area contributed by atoms with Gasteiger partial charge in [0.05, 0.1) is 0 Å². The van der Waals surface area contributed by atoms with Crippen molar-refractivity contribution in [3.63, 3.8) is 0 Å². The molecule has 0 radical (unpaired) electrons. The Hall–Kier alpha value is -3.35. The number of carbonyl (C=O) groups is 3. The summed E-state index contributed by atoms with van der Waals surface area (Å²) in [7, 11) is 0. The number of likely N-dealkylation sites (tertiary alicyclic amines) is 1. The highest BCUT2D eigenvalue weighted by Crippen LogP contribution is 2.44. The fourth-order valence-electron chi connectivity index (χ4n) is 5.01. The van der Waals surface area contributed by atoms with Crippen LogP contribution in [0.4, 0.5) is 4.79 Å². The number of nitrogens with zero attached hydrogens (tertiary/aromatic N) is 1. The molecule has 2 aliphatic rings. The molecule has 1 saturated heterocycles. The predicted octanol–water partition coefficient (Wildman–Crippen LogP) is 4.16. The molecule has 0 saturated carbocycles. The second kappa shape index (κ2) is 10.1. The van der Waals surface area contributed by atoms with Gasteiger partial charge in [0, 0.05) is 24.9 Å². The Kier molecular flexibility index (Phi) is 6.96. The third kappa shape index (κ3) is 5.02. The highest BCUT2D eigenvalue weighted by atomic mass is 16.5. The number of nitrogens with one attached hydrogen (secondary N) is 1. The smallest absolute Gasteiger partial charge is 0.407 e. The van der Waals surface area contributed by atoms with Crippen LogP contribution in [0.3, 0.4) is 0 Å². The summed E-state index contributed by atoms with van der Waals surface area (Å²) in [6, 6.07) is 15.4. The van der Waals surface area contributed by atoms with Crippen molar-refractivity contribution in [2.75, 3.05) is 13.2 Å². The summed E-state index contributed by atoms with van der Waals surface area (Å²) in [5, 5.41) is 11.7. The molecular formula is C26H30N2O5. The molecule has 2 aromatic carbocycles. The Balaban J connectivity index is 1.35. The molecule has 4 rings (SSSR count). The van der Waals surface area contributed by atoms with Crippen LogP contribution in [0.5, 0.6) is 0 Å². The zero-order valence-electron chi connectivity index (χ0n) is 18.8. The molecule has 1 aliphatic carbocycles. The van der Waals surface area contributed by atoms with E-state index in [4.69, 9.17) is 9.84 Å². The number of aliphatic carboxylic acids is 1. The van der Waals surface area contributed by atoms with Gasteiger partial charge in [0.1, 0.15) is 12.6 Å². The monoisotopic (exact) mass is 450 g/mol. The number of rotatable bonds is 7. The quantitative estimate of drug-likeness (QED) is 0.660. The fraction of sp³-hybridized carbons (Fsp3) is 0.423. The molecule has 2 amide bonds. The van der Waals surface area contributed by atoms with E-state index in [1.807, 2.05) is 24.3 Å². The summed E-state index contributed by atoms with van der Waals surface area (Å²) >= 11 is 0. The van der Waals surface area contributed by atoms with E-state index in [1.165, 1.54) is 0 Å². The van der Waals surface area contributed by atoms with Gasteiger partial charge in [-0.05, 0) is 54.9 Å². The Labute approximate surface area is 193 Å². The van der Waals surface area contributed by atoms with Crippen LogP contribution in [0.1, 0.15) is 56.1 Å². The number of carboxylic acid groups (broad SMARTS) is 1. The van der Waals surface area contributed by atoms with Crippen LogP contribution in [0, 0.1) is 0 Å². The lowest BCUT2D eigenvalue weighted by molar-refractivity contribution is -0.140. The molecule has 33 heavy (non-hydrogen) atoms. The number of amides is 2. The third-order valence-corrected chi connectivity index (χ3v) is 6.65. The molecule has 7 heteroatoms. The average molecular weight is 451 g/mol. The molecule has 0 aromatic heterocycles. The number of benzene rings is 2. The molecular weight excluding hydrogens is 420 g/mol. The molecule has 1 fully saturated rings. The van der Waals surface area contributed by atoms with Gasteiger partial charge in [-0.1, -0.05) is 48.5 Å². The van der Waals surface area contributed by atoms with E-state index in [9.17, 15) is 14.4 Å². The summed E-state index contributed by atoms with van der Waals surface area (Å²) in [4.78, 5) is 38.2. The van der Waals surface area contributed by atoms with Crippen molar-refractivity contribution in [3.05, 3.63) is 59.7 Å². The van der Waals surface area contributed by atoms with Gasteiger partial charge in [-0.2, -0.15) is 0 Å². The van der Waals surface area contributed by atoms with E-state index in [0.717, 1.165) is 41.5 Å². The van der Waals surface area contributed by atoms with E-state index < -0.39 is 18.1 Å². The minimum Gasteiger partial charge on any atom is -0.481 e. The Bertz CT molecular complexity index is 991. The van der Waals surface area contributed by atoms with Crippen LogP contribution >= 0.6 is 0 Å². The van der Waals surface area contributed by atoms with Gasteiger partial charge in [-0.15, -0.1) is 0 Å². The van der Waals surface area contributed by atoms with Crippen LogP contribution in [0.15, 0.2) is 48.5 Å². The number of ether oxygens (including phenoxy) is 1. The SMILES string of the molecule is CC(NC(=O)OCC1c2ccccc2-c2ccccc21)C(=O)N1CCCCC1CCC(=O)O. The Morgan fingerprint density at radius 3 is 2.33 bits per heavy atom. The van der Waals surface area contributed by atoms with E-state index >= 15 is 0 Å². The lowest BCUT2D eigenvalue weighted by Gasteiger charge is -2.37. The number of alkyl carbamates (subject to hydrolysis) is 1. The summed E-state index contributed by atoms with van der Waals surface area (Å²) in [6.45, 7) is 2.41. The first kappa shape index (κ1) is 22.8. The largest absolute Gasteiger partial charge is 0.481 e. The lowest BCUT2D eigenvalue weighted by Crippen LogP contribution is -2.52. The number of piperidine rings is 1. The standard InChI is InChI=1S/C26H30N2O5/c1-17(25(31)28-15-7-6-8-18(28)13-14-24(29)30)27-26(32)33-16-23-21-11-4-2-9-19(21)20-10-3-5-12-22(20)23/h2-5,9-12,17-18,23H,6-8,13-16H2,1H3,(H,27,32)(H,29,30). The number of hydrogen-bond donors (Lipinski definition) is 2. The van der Waals surface area contributed by atoms with Crippen LogP contribution < -0.4 is 5.32 Å². The van der Waals surface area contributed by atoms with Crippen molar-refractivity contribution in [1.29, 1.82) is 0 Å². The molecule has 2 aromatic rings. The zero-order chi connectivity index (χ0) is 23.4. The Morgan fingerprint density at radius 1 is 1.06 bits per heavy atom. The van der Waals surface area contributed by atoms with Gasteiger partial charge in [0.15, 0.2) is 0 Å². The summed E-state index contributed by atoms with van der Waals surface area (Å²) in [5.41, 5.74) is 4.57. The van der Waals surface area contributed by atoms with Crippen molar-refractivity contribution in [3.8, 4) is 11.1 Å². The minimum absolute atomic E-state index is 0.0304. The van der Waals surface area contributed by atoms with Crippen molar-refractivity contribution < 1.29 is 24.2 Å². The lowest BCUT2D eigenvalue weighted by atomic mass is 9.97. The first-order valence-corrected chi connectivity index (χ1v) is 11.6. The predicted molar refractivity (Wildman–Crippen MR) is 124 cm³/mol. The number of carboxylic acids is 1. The molecule has 174 valence electrons. The number of fused-ring (bicyclic) bond motifs is 3. The van der Waals surface area contributed by atoms with Gasteiger partial charge in [0.25, 0.3) is 0 Å². The first-order chi connectivity index (χ1) is 16.0. The van der Waals surface area contributed by atoms with Crippen LogP contribution in [0.25, 0.3) is 11.1 Å². The minimum atomic E-state index is -0.863. The summed E-state index contributed by atoms with van der Waals surface area (Å²) in [5.74, 6) is -1.10. The van der Waals surface area contributed by atoms with Crippen molar-refractivity contribution in [2.24, 2.45) is 0 Å². The summed E-state index contributed by atoms with van der Waals surface area (Å²) in [6.07, 6.45) is 2.48. The van der Waals surface area contributed by atoms with Crippen LogP contribution in [0.2, 0.25) is 0 Å². The van der Waals surface area contributed by atoms with Gasteiger partial charge in [0.2, 0.25) is 5.91 Å². The molecule has 0 spiro atoms. The number of hydrogen-bond acceptors (Lipinski definition) is 4. The maximum absolute atomic E-state index is 13.0. The highest BCUT2D eigenvalue weighted by molar-refractivity contribution is 5.86. The van der Waals surface area contributed by atoms with Crippen LogP contribution in [-0.4, -0.2) is 53.2 Å². The number of carbonyl (C=O) groups excluding carboxylic acids is 2. The third-order valence-electron chi connectivity index (χ3n) is 6.65. The molecule has 2 N–H and O–H groups in total. The highest BCUT2D eigenvalue weighted by Gasteiger charge is 2.32. The molecule has 1 heterocycles. The first-order valence-electron chi connectivity index (χ1n) is 11.6. The summed E-state index contributed by atoms with van der Waals surface area (Å²) < 4.78 is 5.56. The zero-order valence-corrected chi connectivity index (χ0v) is 18.8. The molecule has 2 atom stereocenters. The fourth-order valence-corrected chi connectivity index (χ4v) is 5.01. The van der Waals surface area contributed by atoms with Gasteiger partial charge >= 0.3 is 12.1 Å². The molecule has 0 bridgehead atoms. The second-order valence-electron chi connectivity index (χ2n) is 8.81. The molecule has 1 aliphatic heterocycles. The average Bonchev–Trinajstić information content (AvgIpc) is 3.15. The van der Waals surface area contributed by atoms with E-state index in [0.29, 0.717) is 13.0 Å². The van der Waals surface area contributed by atoms with Gasteiger partial charge in [-0.25, -0.2) is 4.79 Å². The molecule has 2 unspecified atom stereocenters. The topological polar surface area (TPSA) is 95.9 Å². The van der Waals surface area contributed by atoms with E-state index in [-0.39, 0.29) is 30.9 Å². The van der Waals surface area contributed by atoms with E-state index in [1.54, 1.807) is 11.8 Å². The van der Waals surface area contributed by atoms with E-state index in [2.05, 4.69) is 29.6 Å².